The highest BCUT2D eigenvalue weighted by molar-refractivity contribution is 14.0. The van der Waals surface area contributed by atoms with E-state index in [2.05, 4.69) is 33.9 Å². The molecule has 0 aliphatic carbocycles. The Bertz CT molecular complexity index is 541. The minimum atomic E-state index is 0. The number of hydrogen-bond donors (Lipinski definition) is 1. The zero-order valence-electron chi connectivity index (χ0n) is 15.5. The van der Waals surface area contributed by atoms with E-state index in [-0.39, 0.29) is 24.0 Å². The monoisotopic (exact) mass is 477 g/mol. The molecule has 0 radical (unpaired) electrons. The summed E-state index contributed by atoms with van der Waals surface area (Å²) >= 11 is 1.83. The molecule has 2 fully saturated rings. The highest BCUT2D eigenvalue weighted by atomic mass is 127. The standard InChI is InChI=1S/C18H31N5S.HI/c1-3-16-13-21-17(24-16)7-9-20-18(19-4-2)23-12-8-15(14-23)22-10-5-6-11-22;/h13,15H,3-12,14H2,1-2H3,(H,19,20);1H. The Morgan fingerprint density at radius 1 is 1.32 bits per heavy atom. The third-order valence-electron chi connectivity index (χ3n) is 4.99. The Balaban J connectivity index is 0.00000225. The van der Waals surface area contributed by atoms with Crippen molar-refractivity contribution in [2.24, 2.45) is 4.99 Å². The van der Waals surface area contributed by atoms with E-state index in [1.54, 1.807) is 0 Å². The zero-order chi connectivity index (χ0) is 16.8. The fourth-order valence-corrected chi connectivity index (χ4v) is 4.50. The predicted octanol–water partition coefficient (Wildman–Crippen LogP) is 3.00. The second kappa shape index (κ2) is 10.7. The molecule has 2 saturated heterocycles. The molecule has 0 saturated carbocycles. The minimum Gasteiger partial charge on any atom is -0.357 e. The van der Waals surface area contributed by atoms with Gasteiger partial charge < -0.3 is 10.2 Å². The van der Waals surface area contributed by atoms with Crippen LogP contribution in [0.5, 0.6) is 0 Å². The van der Waals surface area contributed by atoms with Gasteiger partial charge in [0.1, 0.15) is 0 Å². The smallest absolute Gasteiger partial charge is 0.193 e. The van der Waals surface area contributed by atoms with Crippen LogP contribution in [-0.4, -0.2) is 66.1 Å². The molecule has 1 aromatic rings. The van der Waals surface area contributed by atoms with Gasteiger partial charge in [-0.3, -0.25) is 9.89 Å². The Labute approximate surface area is 173 Å². The maximum Gasteiger partial charge on any atom is 0.193 e. The summed E-state index contributed by atoms with van der Waals surface area (Å²) in [7, 11) is 0. The molecule has 1 unspecified atom stereocenters. The molecular weight excluding hydrogens is 445 g/mol. The number of hydrogen-bond acceptors (Lipinski definition) is 4. The van der Waals surface area contributed by atoms with Crippen molar-refractivity contribution in [2.45, 2.75) is 52.0 Å². The molecule has 1 N–H and O–H groups in total. The van der Waals surface area contributed by atoms with Gasteiger partial charge in [-0.25, -0.2) is 4.98 Å². The maximum absolute atomic E-state index is 4.87. The fraction of sp³-hybridized carbons (Fsp3) is 0.778. The van der Waals surface area contributed by atoms with Crippen LogP contribution >= 0.6 is 35.3 Å². The first-order chi connectivity index (χ1) is 11.8. The zero-order valence-corrected chi connectivity index (χ0v) is 18.7. The molecule has 5 nitrogen and oxygen atoms in total. The lowest BCUT2D eigenvalue weighted by atomic mass is 10.2. The summed E-state index contributed by atoms with van der Waals surface area (Å²) < 4.78 is 0. The molecule has 2 aliphatic heterocycles. The SMILES string of the molecule is CCNC(=NCCc1ncc(CC)s1)N1CCC(N2CCCC2)C1.I. The number of nitrogens with one attached hydrogen (secondary N) is 1. The van der Waals surface area contributed by atoms with Gasteiger partial charge in [-0.05, 0) is 45.7 Å². The highest BCUT2D eigenvalue weighted by Gasteiger charge is 2.30. The summed E-state index contributed by atoms with van der Waals surface area (Å²) in [5.41, 5.74) is 0. The summed E-state index contributed by atoms with van der Waals surface area (Å²) in [6.07, 6.45) is 8.06. The molecule has 2 aliphatic rings. The van der Waals surface area contributed by atoms with E-state index in [0.717, 1.165) is 51.0 Å². The van der Waals surface area contributed by atoms with E-state index >= 15 is 0 Å². The first kappa shape index (κ1) is 20.9. The molecule has 0 bridgehead atoms. The molecule has 7 heteroatoms. The predicted molar refractivity (Wildman–Crippen MR) is 117 cm³/mol. The number of guanidine groups is 1. The van der Waals surface area contributed by atoms with Gasteiger partial charge in [0, 0.05) is 49.7 Å². The van der Waals surface area contributed by atoms with Gasteiger partial charge in [-0.2, -0.15) is 0 Å². The van der Waals surface area contributed by atoms with Gasteiger partial charge in [0.15, 0.2) is 5.96 Å². The molecule has 1 aromatic heterocycles. The molecule has 25 heavy (non-hydrogen) atoms. The Morgan fingerprint density at radius 2 is 2.12 bits per heavy atom. The molecular formula is C18H32IN5S. The lowest BCUT2D eigenvalue weighted by Crippen LogP contribution is -2.42. The number of aliphatic imine (C=N–C) groups is 1. The van der Waals surface area contributed by atoms with Gasteiger partial charge in [0.25, 0.3) is 0 Å². The molecule has 0 amide bonds. The van der Waals surface area contributed by atoms with Crippen molar-refractivity contribution in [1.29, 1.82) is 0 Å². The normalized spacial score (nSPS) is 21.6. The Hall–Kier alpha value is -0.410. The molecule has 3 heterocycles. The average Bonchev–Trinajstić information content (AvgIpc) is 3.33. The van der Waals surface area contributed by atoms with Crippen molar-refractivity contribution in [3.8, 4) is 0 Å². The van der Waals surface area contributed by atoms with Crippen molar-refractivity contribution in [3.63, 3.8) is 0 Å². The lowest BCUT2D eigenvalue weighted by Gasteiger charge is -2.25. The second-order valence-electron chi connectivity index (χ2n) is 6.69. The molecule has 0 spiro atoms. The average molecular weight is 477 g/mol. The Morgan fingerprint density at radius 3 is 2.80 bits per heavy atom. The van der Waals surface area contributed by atoms with Gasteiger partial charge >= 0.3 is 0 Å². The summed E-state index contributed by atoms with van der Waals surface area (Å²) in [4.78, 5) is 15.9. The number of aromatic nitrogens is 1. The van der Waals surface area contributed by atoms with Crippen LogP contribution in [0.15, 0.2) is 11.2 Å². The highest BCUT2D eigenvalue weighted by Crippen LogP contribution is 2.20. The summed E-state index contributed by atoms with van der Waals surface area (Å²) in [5, 5.41) is 4.69. The van der Waals surface area contributed by atoms with E-state index in [4.69, 9.17) is 4.99 Å². The van der Waals surface area contributed by atoms with Crippen LogP contribution < -0.4 is 5.32 Å². The van der Waals surface area contributed by atoms with Crippen LogP contribution in [0.25, 0.3) is 0 Å². The molecule has 1 atom stereocenters. The van der Waals surface area contributed by atoms with Crippen LogP contribution in [0.2, 0.25) is 0 Å². The number of thiazole rings is 1. The summed E-state index contributed by atoms with van der Waals surface area (Å²) in [6.45, 7) is 10.9. The van der Waals surface area contributed by atoms with E-state index in [1.807, 2.05) is 17.5 Å². The number of nitrogens with zero attached hydrogens (tertiary/aromatic N) is 4. The van der Waals surface area contributed by atoms with Crippen LogP contribution in [0.3, 0.4) is 0 Å². The van der Waals surface area contributed by atoms with Gasteiger partial charge in [0.2, 0.25) is 0 Å². The topological polar surface area (TPSA) is 43.8 Å². The van der Waals surface area contributed by atoms with Crippen LogP contribution in [0, 0.1) is 0 Å². The number of rotatable bonds is 6. The first-order valence-electron chi connectivity index (χ1n) is 9.51. The van der Waals surface area contributed by atoms with Gasteiger partial charge in [-0.15, -0.1) is 35.3 Å². The number of halogens is 1. The van der Waals surface area contributed by atoms with Crippen LogP contribution in [-0.2, 0) is 12.8 Å². The number of likely N-dealkylation sites (tertiary alicyclic amines) is 2. The van der Waals surface area contributed by atoms with E-state index < -0.39 is 0 Å². The van der Waals surface area contributed by atoms with E-state index in [1.165, 1.54) is 42.2 Å². The maximum atomic E-state index is 4.87. The molecule has 0 aromatic carbocycles. The summed E-state index contributed by atoms with van der Waals surface area (Å²) in [5.74, 6) is 1.09. The largest absolute Gasteiger partial charge is 0.357 e. The van der Waals surface area contributed by atoms with Crippen molar-refractivity contribution < 1.29 is 0 Å². The van der Waals surface area contributed by atoms with Crippen LogP contribution in [0.1, 0.15) is 43.0 Å². The lowest BCUT2D eigenvalue weighted by molar-refractivity contribution is 0.249. The summed E-state index contributed by atoms with van der Waals surface area (Å²) in [6, 6.07) is 0.724. The van der Waals surface area contributed by atoms with Gasteiger partial charge in [-0.1, -0.05) is 6.92 Å². The van der Waals surface area contributed by atoms with Crippen molar-refractivity contribution in [3.05, 3.63) is 16.1 Å². The van der Waals surface area contributed by atoms with Crippen molar-refractivity contribution in [2.75, 3.05) is 39.3 Å². The molecule has 142 valence electrons. The minimum absolute atomic E-state index is 0. The fourth-order valence-electron chi connectivity index (χ4n) is 3.65. The van der Waals surface area contributed by atoms with Crippen molar-refractivity contribution >= 4 is 41.3 Å². The van der Waals surface area contributed by atoms with Crippen molar-refractivity contribution in [1.82, 2.24) is 20.1 Å². The second-order valence-corrected chi connectivity index (χ2v) is 7.89. The third kappa shape index (κ3) is 5.79. The van der Waals surface area contributed by atoms with Crippen LogP contribution in [0.4, 0.5) is 0 Å². The number of aryl methyl sites for hydroxylation is 1. The van der Waals surface area contributed by atoms with E-state index in [9.17, 15) is 0 Å². The molecule has 3 rings (SSSR count). The first-order valence-corrected chi connectivity index (χ1v) is 10.3. The third-order valence-corrected chi connectivity index (χ3v) is 6.19. The van der Waals surface area contributed by atoms with E-state index in [0.29, 0.717) is 0 Å². The van der Waals surface area contributed by atoms with Gasteiger partial charge in [0.05, 0.1) is 5.01 Å². The Kier molecular flexibility index (Phi) is 8.92. The quantitative estimate of drug-likeness (QED) is 0.389.